The lowest BCUT2D eigenvalue weighted by molar-refractivity contribution is -0.129. The molecule has 3 aliphatic rings. The van der Waals surface area contributed by atoms with Crippen LogP contribution in [0.15, 0.2) is 18.2 Å². The van der Waals surface area contributed by atoms with Gasteiger partial charge < -0.3 is 10.6 Å². The number of carbonyl (C=O) groups is 4. The number of aryl methyl sites for hydroxylation is 1. The Morgan fingerprint density at radius 2 is 2.00 bits per heavy atom. The number of hydrogen-bond acceptors (Lipinski definition) is 6. The van der Waals surface area contributed by atoms with Gasteiger partial charge in [0.1, 0.15) is 6.04 Å². The van der Waals surface area contributed by atoms with Crippen molar-refractivity contribution in [1.29, 1.82) is 0 Å². The molecule has 148 valence electrons. The van der Waals surface area contributed by atoms with Crippen LogP contribution in [0.3, 0.4) is 0 Å². The van der Waals surface area contributed by atoms with Crippen LogP contribution in [0.5, 0.6) is 0 Å². The zero-order valence-electron chi connectivity index (χ0n) is 15.5. The molecule has 3 heterocycles. The van der Waals surface area contributed by atoms with Crippen molar-refractivity contribution in [2.45, 2.75) is 50.7 Å². The molecular formula is C20H23N3O4S. The third-order valence-electron chi connectivity index (χ3n) is 5.55. The molecule has 0 bridgehead atoms. The second-order valence-corrected chi connectivity index (χ2v) is 8.45. The molecule has 7 nitrogen and oxygen atoms in total. The number of rotatable bonds is 3. The Morgan fingerprint density at radius 3 is 2.79 bits per heavy atom. The summed E-state index contributed by atoms with van der Waals surface area (Å²) in [6.45, 7) is 0.629. The van der Waals surface area contributed by atoms with E-state index in [1.165, 1.54) is 0 Å². The van der Waals surface area contributed by atoms with Crippen molar-refractivity contribution >= 4 is 40.2 Å². The summed E-state index contributed by atoms with van der Waals surface area (Å²) < 4.78 is 0. The standard InChI is InChI=1S/C20H23N3O4S/c24-15-11-28-20(27)18(15)23-9-2-1-5-16(23)22-19(26)13-7-8-14-12(10-13)4-3-6-17(25)21-14/h7-8,10,16,18H,1-6,9,11H2,(H,21,25)(H,22,26). The van der Waals surface area contributed by atoms with E-state index in [1.54, 1.807) is 12.1 Å². The molecule has 3 aliphatic heterocycles. The third kappa shape index (κ3) is 3.84. The van der Waals surface area contributed by atoms with Crippen LogP contribution in [0.1, 0.15) is 48.0 Å². The summed E-state index contributed by atoms with van der Waals surface area (Å²) in [5.41, 5.74) is 2.24. The fourth-order valence-corrected chi connectivity index (χ4v) is 4.99. The van der Waals surface area contributed by atoms with Gasteiger partial charge in [0.2, 0.25) is 11.0 Å². The van der Waals surface area contributed by atoms with Gasteiger partial charge in [-0.3, -0.25) is 24.1 Å². The quantitative estimate of drug-likeness (QED) is 0.749. The summed E-state index contributed by atoms with van der Waals surface area (Å²) in [6.07, 6.45) is 4.23. The minimum Gasteiger partial charge on any atom is -0.336 e. The minimum absolute atomic E-state index is 0.00225. The number of fused-ring (bicyclic) bond motifs is 1. The number of anilines is 1. The Bertz CT molecular complexity index is 825. The van der Waals surface area contributed by atoms with Crippen molar-refractivity contribution < 1.29 is 19.2 Å². The van der Waals surface area contributed by atoms with Crippen LogP contribution in [0.2, 0.25) is 0 Å². The topological polar surface area (TPSA) is 95.6 Å². The van der Waals surface area contributed by atoms with Crippen LogP contribution < -0.4 is 10.6 Å². The van der Waals surface area contributed by atoms with Crippen LogP contribution in [0, 0.1) is 0 Å². The first-order chi connectivity index (χ1) is 13.5. The zero-order chi connectivity index (χ0) is 19.7. The molecule has 0 radical (unpaired) electrons. The number of Topliss-reactive ketones (excluding diaryl/α,β-unsaturated/α-hetero) is 1. The summed E-state index contributed by atoms with van der Waals surface area (Å²) in [6, 6.07) is 4.56. The highest BCUT2D eigenvalue weighted by Crippen LogP contribution is 2.28. The maximum absolute atomic E-state index is 12.9. The number of nitrogens with one attached hydrogen (secondary N) is 2. The SMILES string of the molecule is O=C1CCCc2cc(C(=O)NC3CCCCN3C3C(=O)CSC3=O)ccc2N1. The second kappa shape index (κ2) is 8.05. The van der Waals surface area contributed by atoms with E-state index in [4.69, 9.17) is 0 Å². The van der Waals surface area contributed by atoms with Crippen molar-refractivity contribution in [3.8, 4) is 0 Å². The van der Waals surface area contributed by atoms with Crippen molar-refractivity contribution in [3.63, 3.8) is 0 Å². The van der Waals surface area contributed by atoms with Crippen LogP contribution in [-0.4, -0.2) is 52.1 Å². The van der Waals surface area contributed by atoms with Crippen molar-refractivity contribution in [2.75, 3.05) is 17.6 Å². The smallest absolute Gasteiger partial charge is 0.252 e. The molecule has 2 unspecified atom stereocenters. The first-order valence-corrected chi connectivity index (χ1v) is 10.7. The maximum atomic E-state index is 12.9. The normalized spacial score (nSPS) is 25.8. The average molecular weight is 401 g/mol. The van der Waals surface area contributed by atoms with Gasteiger partial charge in [0.05, 0.1) is 11.9 Å². The maximum Gasteiger partial charge on any atom is 0.252 e. The van der Waals surface area contributed by atoms with Gasteiger partial charge in [0.25, 0.3) is 5.91 Å². The van der Waals surface area contributed by atoms with Gasteiger partial charge in [0.15, 0.2) is 5.78 Å². The summed E-state index contributed by atoms with van der Waals surface area (Å²) in [4.78, 5) is 50.8. The van der Waals surface area contributed by atoms with E-state index in [0.29, 0.717) is 24.9 Å². The highest BCUT2D eigenvalue weighted by molar-refractivity contribution is 8.15. The first-order valence-electron chi connectivity index (χ1n) is 9.71. The van der Waals surface area contributed by atoms with Gasteiger partial charge in [-0.25, -0.2) is 0 Å². The Labute approximate surface area is 167 Å². The average Bonchev–Trinajstić information content (AvgIpc) is 2.90. The summed E-state index contributed by atoms with van der Waals surface area (Å²) in [5.74, 6) is -0.0766. The Morgan fingerprint density at radius 1 is 1.14 bits per heavy atom. The lowest BCUT2D eigenvalue weighted by atomic mass is 10.0. The molecule has 2 atom stereocenters. The van der Waals surface area contributed by atoms with E-state index in [2.05, 4.69) is 10.6 Å². The molecule has 1 aromatic rings. The van der Waals surface area contributed by atoms with Gasteiger partial charge in [-0.1, -0.05) is 11.8 Å². The lowest BCUT2D eigenvalue weighted by Crippen LogP contribution is -2.57. The lowest BCUT2D eigenvalue weighted by Gasteiger charge is -2.38. The monoisotopic (exact) mass is 401 g/mol. The number of ketones is 1. The second-order valence-electron chi connectivity index (χ2n) is 7.47. The van der Waals surface area contributed by atoms with Gasteiger partial charge in [-0.2, -0.15) is 0 Å². The van der Waals surface area contributed by atoms with E-state index in [9.17, 15) is 19.2 Å². The Balaban J connectivity index is 1.50. The molecule has 4 rings (SSSR count). The summed E-state index contributed by atoms with van der Waals surface area (Å²) >= 11 is 1.06. The highest BCUT2D eigenvalue weighted by atomic mass is 32.2. The number of nitrogens with zero attached hydrogens (tertiary/aromatic N) is 1. The molecule has 2 fully saturated rings. The number of thioether (sulfide) groups is 1. The summed E-state index contributed by atoms with van der Waals surface area (Å²) in [7, 11) is 0. The van der Waals surface area contributed by atoms with E-state index in [0.717, 1.165) is 48.7 Å². The van der Waals surface area contributed by atoms with Crippen molar-refractivity contribution in [2.24, 2.45) is 0 Å². The molecule has 28 heavy (non-hydrogen) atoms. The number of hydrogen-bond donors (Lipinski definition) is 2. The highest BCUT2D eigenvalue weighted by Gasteiger charge is 2.42. The molecule has 0 saturated carbocycles. The predicted molar refractivity (Wildman–Crippen MR) is 106 cm³/mol. The fraction of sp³-hybridized carbons (Fsp3) is 0.500. The van der Waals surface area contributed by atoms with E-state index >= 15 is 0 Å². The fourth-order valence-electron chi connectivity index (χ4n) is 4.12. The van der Waals surface area contributed by atoms with Crippen LogP contribution >= 0.6 is 11.8 Å². The number of amides is 2. The van der Waals surface area contributed by atoms with Crippen LogP contribution in [0.4, 0.5) is 5.69 Å². The molecular weight excluding hydrogens is 378 g/mol. The largest absolute Gasteiger partial charge is 0.336 e. The summed E-state index contributed by atoms with van der Waals surface area (Å²) in [5, 5.41) is 5.77. The Hall–Kier alpha value is -2.19. The molecule has 0 spiro atoms. The van der Waals surface area contributed by atoms with Gasteiger partial charge in [0, 0.05) is 24.2 Å². The van der Waals surface area contributed by atoms with Crippen LogP contribution in [0.25, 0.3) is 0 Å². The van der Waals surface area contributed by atoms with Gasteiger partial charge >= 0.3 is 0 Å². The minimum atomic E-state index is -0.738. The van der Waals surface area contributed by atoms with E-state index < -0.39 is 6.04 Å². The predicted octanol–water partition coefficient (Wildman–Crippen LogP) is 1.71. The van der Waals surface area contributed by atoms with E-state index in [-0.39, 0.29) is 34.6 Å². The Kier molecular flexibility index (Phi) is 5.50. The molecule has 2 N–H and O–H groups in total. The van der Waals surface area contributed by atoms with Gasteiger partial charge in [-0.05, 0) is 55.9 Å². The molecule has 2 amide bonds. The molecule has 8 heteroatoms. The first kappa shape index (κ1) is 19.1. The van der Waals surface area contributed by atoms with Crippen LogP contribution in [-0.2, 0) is 20.8 Å². The molecule has 0 aliphatic carbocycles. The molecule has 1 aromatic carbocycles. The van der Waals surface area contributed by atoms with Crippen molar-refractivity contribution in [3.05, 3.63) is 29.3 Å². The van der Waals surface area contributed by atoms with Gasteiger partial charge in [-0.15, -0.1) is 0 Å². The number of piperidine rings is 1. The number of likely N-dealkylation sites (tertiary alicyclic amines) is 1. The number of benzene rings is 1. The number of carbonyl (C=O) groups excluding carboxylic acids is 4. The van der Waals surface area contributed by atoms with Crippen molar-refractivity contribution in [1.82, 2.24) is 10.2 Å². The molecule has 2 saturated heterocycles. The zero-order valence-corrected chi connectivity index (χ0v) is 16.3. The third-order valence-corrected chi connectivity index (χ3v) is 6.49. The molecule has 0 aromatic heterocycles. The van der Waals surface area contributed by atoms with E-state index in [1.807, 2.05) is 11.0 Å².